The van der Waals surface area contributed by atoms with E-state index in [9.17, 15) is 29.1 Å². The Morgan fingerprint density at radius 2 is 1.54 bits per heavy atom. The van der Waals surface area contributed by atoms with E-state index in [1.807, 2.05) is 24.3 Å². The molecule has 2 aromatic rings. The van der Waals surface area contributed by atoms with Gasteiger partial charge >= 0.3 is 5.97 Å². The highest BCUT2D eigenvalue weighted by atomic mass is 16.4. The van der Waals surface area contributed by atoms with Crippen molar-refractivity contribution in [1.82, 2.24) is 20.9 Å². The first-order valence-electron chi connectivity index (χ1n) is 12.9. The van der Waals surface area contributed by atoms with Gasteiger partial charge in [0.15, 0.2) is 0 Å². The van der Waals surface area contributed by atoms with Crippen LogP contribution in [0.4, 0.5) is 0 Å². The number of rotatable bonds is 16. The average molecular weight is 546 g/mol. The molecule has 2 rings (SSSR count). The molecule has 0 aliphatic rings. The number of aromatic nitrogens is 1. The van der Waals surface area contributed by atoms with Crippen LogP contribution in [-0.4, -0.2) is 70.4 Å². The van der Waals surface area contributed by atoms with Crippen molar-refractivity contribution < 1.29 is 29.1 Å². The molecule has 4 atom stereocenters. The Labute approximate surface area is 226 Å². The van der Waals surface area contributed by atoms with Gasteiger partial charge in [-0.15, -0.1) is 0 Å². The number of nitrogens with two attached hydrogens (primary N) is 3. The Kier molecular flexibility index (Phi) is 11.9. The topological polar surface area (TPSA) is 236 Å². The number of carbonyl (C=O) groups is 5. The summed E-state index contributed by atoms with van der Waals surface area (Å²) >= 11 is 0. The summed E-state index contributed by atoms with van der Waals surface area (Å²) in [6, 6.07) is 2.68. The van der Waals surface area contributed by atoms with Gasteiger partial charge in [-0.05, 0) is 43.4 Å². The van der Waals surface area contributed by atoms with Gasteiger partial charge in [0.1, 0.15) is 18.1 Å². The average Bonchev–Trinajstić information content (AvgIpc) is 3.29. The van der Waals surface area contributed by atoms with Crippen molar-refractivity contribution in [3.8, 4) is 0 Å². The summed E-state index contributed by atoms with van der Waals surface area (Å²) in [6.45, 7) is 3.95. The third-order valence-corrected chi connectivity index (χ3v) is 6.35. The molecule has 39 heavy (non-hydrogen) atoms. The van der Waals surface area contributed by atoms with Crippen LogP contribution < -0.4 is 33.2 Å². The van der Waals surface area contributed by atoms with E-state index in [1.165, 1.54) is 0 Å². The Bertz CT molecular complexity index is 1160. The third kappa shape index (κ3) is 9.37. The maximum atomic E-state index is 13.4. The lowest BCUT2D eigenvalue weighted by Gasteiger charge is -2.25. The lowest BCUT2D eigenvalue weighted by atomic mass is 10.0. The SMILES string of the molecule is CC(C)C(N)C(=O)NC(CCCCN)C(=O)NC(Cc1c[nH]c2ccccc12)C(=O)NC(CC(N)=O)C(=O)O. The van der Waals surface area contributed by atoms with E-state index >= 15 is 0 Å². The van der Waals surface area contributed by atoms with Crippen molar-refractivity contribution in [2.24, 2.45) is 23.1 Å². The highest BCUT2D eigenvalue weighted by Gasteiger charge is 2.31. The second-order valence-electron chi connectivity index (χ2n) is 9.81. The predicted molar refractivity (Wildman–Crippen MR) is 145 cm³/mol. The zero-order valence-corrected chi connectivity index (χ0v) is 22.2. The fourth-order valence-electron chi connectivity index (χ4n) is 4.01. The third-order valence-electron chi connectivity index (χ3n) is 6.35. The molecule has 1 heterocycles. The molecule has 13 nitrogen and oxygen atoms in total. The van der Waals surface area contributed by atoms with Crippen LogP contribution in [-0.2, 0) is 30.4 Å². The largest absolute Gasteiger partial charge is 0.480 e. The van der Waals surface area contributed by atoms with Gasteiger partial charge in [-0.25, -0.2) is 4.79 Å². The van der Waals surface area contributed by atoms with E-state index in [1.54, 1.807) is 20.0 Å². The van der Waals surface area contributed by atoms with Crippen LogP contribution in [0.3, 0.4) is 0 Å². The minimum Gasteiger partial charge on any atom is -0.480 e. The fourth-order valence-corrected chi connectivity index (χ4v) is 4.01. The Hall–Kier alpha value is -3.97. The van der Waals surface area contributed by atoms with Crippen LogP contribution in [0.15, 0.2) is 30.5 Å². The normalized spacial score (nSPS) is 14.3. The van der Waals surface area contributed by atoms with Crippen molar-refractivity contribution in [3.63, 3.8) is 0 Å². The maximum Gasteiger partial charge on any atom is 0.326 e. The maximum absolute atomic E-state index is 13.4. The predicted octanol–water partition coefficient (Wildman–Crippen LogP) is -0.763. The summed E-state index contributed by atoms with van der Waals surface area (Å²) < 4.78 is 0. The molecule has 1 aromatic carbocycles. The highest BCUT2D eigenvalue weighted by molar-refractivity contribution is 5.95. The summed E-state index contributed by atoms with van der Waals surface area (Å²) in [7, 11) is 0. The number of hydrogen-bond acceptors (Lipinski definition) is 7. The molecule has 1 aromatic heterocycles. The molecule has 0 saturated heterocycles. The number of aliphatic carboxylic acids is 1. The second kappa shape index (κ2) is 14.8. The standard InChI is InChI=1S/C26H39N7O6/c1-14(2)22(29)25(37)31-18(9-5-6-10-27)23(35)32-19(24(36)33-20(26(38)39)12-21(28)34)11-15-13-30-17-8-4-3-7-16(15)17/h3-4,7-8,13-14,18-20,22,30H,5-6,9-12,27,29H2,1-2H3,(H2,28,34)(H,31,37)(H,32,35)(H,33,36)(H,38,39). The lowest BCUT2D eigenvalue weighted by Crippen LogP contribution is -2.58. The van der Waals surface area contributed by atoms with Gasteiger partial charge in [0, 0.05) is 23.5 Å². The van der Waals surface area contributed by atoms with Crippen molar-refractivity contribution >= 4 is 40.5 Å². The highest BCUT2D eigenvalue weighted by Crippen LogP contribution is 2.19. The van der Waals surface area contributed by atoms with Crippen LogP contribution >= 0.6 is 0 Å². The summed E-state index contributed by atoms with van der Waals surface area (Å²) in [5.41, 5.74) is 18.2. The Balaban J connectivity index is 2.33. The van der Waals surface area contributed by atoms with Gasteiger partial charge in [0.05, 0.1) is 12.5 Å². The molecule has 214 valence electrons. The van der Waals surface area contributed by atoms with Gasteiger partial charge in [-0.2, -0.15) is 0 Å². The van der Waals surface area contributed by atoms with Crippen LogP contribution in [0, 0.1) is 5.92 Å². The van der Waals surface area contributed by atoms with Gasteiger partial charge in [-0.1, -0.05) is 32.0 Å². The smallest absolute Gasteiger partial charge is 0.326 e. The van der Waals surface area contributed by atoms with Crippen molar-refractivity contribution in [2.75, 3.05) is 6.54 Å². The van der Waals surface area contributed by atoms with Gasteiger partial charge < -0.3 is 43.2 Å². The minimum atomic E-state index is -1.58. The van der Waals surface area contributed by atoms with Gasteiger partial charge in [0.2, 0.25) is 23.6 Å². The number of carbonyl (C=O) groups excluding carboxylic acids is 4. The number of primary amides is 1. The number of hydrogen-bond donors (Lipinski definition) is 8. The lowest BCUT2D eigenvalue weighted by molar-refractivity contribution is -0.143. The Morgan fingerprint density at radius 3 is 2.15 bits per heavy atom. The first kappa shape index (κ1) is 31.2. The van der Waals surface area contributed by atoms with Crippen LogP contribution in [0.5, 0.6) is 0 Å². The number of benzene rings is 1. The molecule has 4 unspecified atom stereocenters. The van der Waals surface area contributed by atoms with Gasteiger partial charge in [-0.3, -0.25) is 19.2 Å². The number of aromatic amines is 1. The summed E-state index contributed by atoms with van der Waals surface area (Å²) in [6.07, 6.45) is 2.46. The quantitative estimate of drug-likeness (QED) is 0.124. The molecule has 0 fully saturated rings. The number of para-hydroxylation sites is 1. The van der Waals surface area contributed by atoms with Crippen molar-refractivity contribution in [2.45, 2.75) is 70.1 Å². The van der Waals surface area contributed by atoms with Crippen LogP contribution in [0.25, 0.3) is 10.9 Å². The first-order chi connectivity index (χ1) is 18.4. The molecule has 0 spiro atoms. The fraction of sp³-hybridized carbons (Fsp3) is 0.500. The number of unbranched alkanes of at least 4 members (excludes halogenated alkanes) is 1. The molecule has 0 radical (unpaired) electrons. The number of carboxylic acid groups (broad SMARTS) is 1. The van der Waals surface area contributed by atoms with E-state index < -0.39 is 60.2 Å². The minimum absolute atomic E-state index is 0.000524. The molecule has 0 aliphatic heterocycles. The summed E-state index contributed by atoms with van der Waals surface area (Å²) in [5, 5.41) is 17.9. The molecule has 0 saturated carbocycles. The number of nitrogens with one attached hydrogen (secondary N) is 4. The second-order valence-corrected chi connectivity index (χ2v) is 9.81. The van der Waals surface area contributed by atoms with Gasteiger partial charge in [0.25, 0.3) is 0 Å². The molecule has 0 aliphatic carbocycles. The van der Waals surface area contributed by atoms with Crippen molar-refractivity contribution in [1.29, 1.82) is 0 Å². The zero-order chi connectivity index (χ0) is 29.1. The molecule has 11 N–H and O–H groups in total. The number of amides is 4. The van der Waals surface area contributed by atoms with E-state index in [0.717, 1.165) is 10.9 Å². The molecular weight excluding hydrogens is 506 g/mol. The first-order valence-corrected chi connectivity index (χ1v) is 12.9. The monoisotopic (exact) mass is 545 g/mol. The number of fused-ring (bicyclic) bond motifs is 1. The van der Waals surface area contributed by atoms with E-state index in [0.29, 0.717) is 24.9 Å². The Morgan fingerprint density at radius 1 is 0.923 bits per heavy atom. The molecule has 0 bridgehead atoms. The van der Waals surface area contributed by atoms with Crippen LogP contribution in [0.2, 0.25) is 0 Å². The molecule has 4 amide bonds. The summed E-state index contributed by atoms with van der Waals surface area (Å²) in [4.78, 5) is 65.4. The summed E-state index contributed by atoms with van der Waals surface area (Å²) in [5.74, 6) is -4.51. The van der Waals surface area contributed by atoms with Crippen molar-refractivity contribution in [3.05, 3.63) is 36.0 Å². The molecule has 13 heteroatoms. The van der Waals surface area contributed by atoms with E-state index in [4.69, 9.17) is 17.2 Å². The number of carboxylic acids is 1. The van der Waals surface area contributed by atoms with E-state index in [-0.39, 0.29) is 18.8 Å². The van der Waals surface area contributed by atoms with Crippen LogP contribution in [0.1, 0.15) is 45.1 Å². The molecular formula is C26H39N7O6. The van der Waals surface area contributed by atoms with E-state index in [2.05, 4.69) is 20.9 Å². The number of H-pyrrole nitrogens is 1. The zero-order valence-electron chi connectivity index (χ0n) is 22.2.